The van der Waals surface area contributed by atoms with Gasteiger partial charge in [0.1, 0.15) is 24.1 Å². The van der Waals surface area contributed by atoms with Crippen molar-refractivity contribution in [1.82, 2.24) is 9.55 Å². The van der Waals surface area contributed by atoms with Gasteiger partial charge in [-0.05, 0) is 37.2 Å². The molecule has 2 N–H and O–H groups in total. The van der Waals surface area contributed by atoms with Gasteiger partial charge < -0.3 is 28.4 Å². The zero-order valence-electron chi connectivity index (χ0n) is 34.3. The van der Waals surface area contributed by atoms with E-state index in [2.05, 4.69) is 119 Å². The number of hydrogen-bond donors (Lipinski definition) is 2. The molecule has 0 saturated carbocycles. The normalized spacial score (nSPS) is 19.5. The molecule has 10 heteroatoms. The fourth-order valence-corrected chi connectivity index (χ4v) is 17.7. The van der Waals surface area contributed by atoms with E-state index in [0.717, 1.165) is 33.6 Å². The molecule has 1 aliphatic rings. The first-order chi connectivity index (χ1) is 27.2. The molecule has 0 radical (unpaired) electrons. The summed E-state index contributed by atoms with van der Waals surface area (Å²) >= 11 is 0. The molecule has 1 aromatic heterocycles. The van der Waals surface area contributed by atoms with Crippen LogP contribution in [0.4, 0.5) is 0 Å². The molecule has 0 amide bonds. The number of rotatable bonds is 14. The topological polar surface area (TPSA) is 103 Å². The van der Waals surface area contributed by atoms with Crippen LogP contribution in [-0.4, -0.2) is 61.3 Å². The summed E-state index contributed by atoms with van der Waals surface area (Å²) in [5.41, 5.74) is -0.458. The van der Waals surface area contributed by atoms with Gasteiger partial charge in [0.2, 0.25) is 0 Å². The molecule has 5 aromatic rings. The minimum Gasteiger partial charge on any atom is -0.512 e. The molecule has 57 heavy (non-hydrogen) atoms. The van der Waals surface area contributed by atoms with E-state index >= 15 is 0 Å². The summed E-state index contributed by atoms with van der Waals surface area (Å²) in [5.74, 6) is 0.292. The highest BCUT2D eigenvalue weighted by atomic mass is 28.4. The second-order valence-electron chi connectivity index (χ2n) is 17.0. The number of aromatic nitrogens is 2. The maximum atomic E-state index is 12.7. The van der Waals surface area contributed by atoms with Crippen molar-refractivity contribution in [1.29, 1.82) is 0 Å². The quantitative estimate of drug-likeness (QED) is 0.0912. The fraction of sp³-hybridized carbons (Fsp3) is 0.362. The van der Waals surface area contributed by atoms with E-state index < -0.39 is 51.8 Å². The van der Waals surface area contributed by atoms with Gasteiger partial charge in [-0.2, -0.15) is 4.98 Å². The van der Waals surface area contributed by atoms with Crippen LogP contribution in [0, 0.1) is 0 Å². The van der Waals surface area contributed by atoms with Gasteiger partial charge in [0.15, 0.2) is 6.23 Å². The standard InChI is InChI=1S/C47H58N2O6Si2/c1-8-9-22-35(50)33-41-48-42(51)31-32-49(41)45-43(52)44(55-57(47(5,6)7,38-27-18-12-19-28-38)39-29-20-13-21-30-39)40(54-45)34-53-56(46(2,3)4,36-23-14-10-15-24-36)37-25-16-11-17-26-37/h10-21,23-33,40,43-45,50,52H,8-9,22,34H2,1-7H3/b35-33+/t40-,43+,44-,45-/m1/s1. The minimum atomic E-state index is -3.24. The first-order valence-corrected chi connectivity index (χ1v) is 23.9. The van der Waals surface area contributed by atoms with Gasteiger partial charge in [0.05, 0.1) is 12.4 Å². The number of hydrogen-bond acceptors (Lipinski definition) is 7. The van der Waals surface area contributed by atoms with Crippen LogP contribution >= 0.6 is 0 Å². The van der Waals surface area contributed by atoms with Crippen molar-refractivity contribution >= 4 is 43.5 Å². The highest BCUT2D eigenvalue weighted by Gasteiger charge is 2.58. The lowest BCUT2D eigenvalue weighted by Gasteiger charge is -2.46. The Morgan fingerprint density at radius 2 is 1.21 bits per heavy atom. The second-order valence-corrected chi connectivity index (χ2v) is 25.6. The van der Waals surface area contributed by atoms with Crippen LogP contribution in [0.5, 0.6) is 0 Å². The predicted molar refractivity (Wildman–Crippen MR) is 235 cm³/mol. The molecule has 1 aliphatic heterocycles. The highest BCUT2D eigenvalue weighted by Crippen LogP contribution is 2.43. The largest absolute Gasteiger partial charge is 0.512 e. The van der Waals surface area contributed by atoms with Gasteiger partial charge in [-0.1, -0.05) is 176 Å². The van der Waals surface area contributed by atoms with Crippen molar-refractivity contribution in [2.24, 2.45) is 0 Å². The van der Waals surface area contributed by atoms with Gasteiger partial charge >= 0.3 is 0 Å². The number of benzene rings is 4. The Morgan fingerprint density at radius 1 is 0.754 bits per heavy atom. The van der Waals surface area contributed by atoms with Crippen molar-refractivity contribution in [3.63, 3.8) is 0 Å². The summed E-state index contributed by atoms with van der Waals surface area (Å²) < 4.78 is 23.8. The smallest absolute Gasteiger partial charge is 0.273 e. The fourth-order valence-electron chi connectivity index (χ4n) is 8.42. The molecule has 0 aliphatic carbocycles. The van der Waals surface area contributed by atoms with Crippen molar-refractivity contribution in [2.75, 3.05) is 6.61 Å². The Kier molecular flexibility index (Phi) is 13.0. The Morgan fingerprint density at radius 3 is 1.65 bits per heavy atom. The molecule has 2 heterocycles. The van der Waals surface area contributed by atoms with Gasteiger partial charge in [-0.3, -0.25) is 4.79 Å². The summed E-state index contributed by atoms with van der Waals surface area (Å²) in [6, 6.07) is 43.0. The summed E-state index contributed by atoms with van der Waals surface area (Å²) in [7, 11) is -6.30. The molecule has 0 unspecified atom stereocenters. The van der Waals surface area contributed by atoms with Crippen molar-refractivity contribution in [3.8, 4) is 0 Å². The third-order valence-corrected chi connectivity index (χ3v) is 21.2. The molecule has 4 atom stereocenters. The molecular weight excluding hydrogens is 745 g/mol. The monoisotopic (exact) mass is 802 g/mol. The zero-order chi connectivity index (χ0) is 40.8. The molecule has 8 nitrogen and oxygen atoms in total. The van der Waals surface area contributed by atoms with Gasteiger partial charge in [0.25, 0.3) is 22.2 Å². The maximum absolute atomic E-state index is 12.7. The predicted octanol–water partition coefficient (Wildman–Crippen LogP) is 7.11. The lowest BCUT2D eigenvalue weighted by atomic mass is 10.1. The van der Waals surface area contributed by atoms with E-state index in [0.29, 0.717) is 6.42 Å². The van der Waals surface area contributed by atoms with Crippen molar-refractivity contribution < 1.29 is 23.8 Å². The number of aliphatic hydroxyl groups excluding tert-OH is 2. The summed E-state index contributed by atoms with van der Waals surface area (Å²) in [6.45, 7) is 15.5. The Bertz CT molecular complexity index is 2060. The van der Waals surface area contributed by atoms with E-state index in [4.69, 9.17) is 13.6 Å². The molecule has 6 rings (SSSR count). The molecule has 0 spiro atoms. The Balaban J connectivity index is 1.53. The molecule has 1 fully saturated rings. The number of nitrogens with zero attached hydrogens (tertiary/aromatic N) is 2. The highest BCUT2D eigenvalue weighted by molar-refractivity contribution is 7.00. The van der Waals surface area contributed by atoms with E-state index in [1.807, 2.05) is 55.5 Å². The second kappa shape index (κ2) is 17.6. The van der Waals surface area contributed by atoms with Crippen LogP contribution in [-0.2, 0) is 13.6 Å². The number of aliphatic hydroxyl groups is 2. The third-order valence-electron chi connectivity index (χ3n) is 11.1. The van der Waals surface area contributed by atoms with Crippen LogP contribution in [0.3, 0.4) is 0 Å². The van der Waals surface area contributed by atoms with Gasteiger partial charge in [-0.25, -0.2) is 0 Å². The van der Waals surface area contributed by atoms with Crippen molar-refractivity contribution in [3.05, 3.63) is 156 Å². The maximum Gasteiger partial charge on any atom is 0.273 e. The SMILES string of the molecule is CCCC/C(O)=C\c1nc(=O)ccn1[C@@H]1O[C@H](CO[Si](c2ccccc2)(c2ccccc2)C(C)(C)C)[C@@H](O[Si](c2ccccc2)(c2ccccc2)C(C)(C)C)[C@@H]1O. The number of allylic oxidation sites excluding steroid dienone is 1. The average molecular weight is 803 g/mol. The van der Waals surface area contributed by atoms with Crippen molar-refractivity contribution in [2.45, 2.75) is 102 Å². The summed E-state index contributed by atoms with van der Waals surface area (Å²) in [4.78, 5) is 17.0. The molecule has 300 valence electrons. The molecule has 1 saturated heterocycles. The molecular formula is C47H58N2O6Si2. The van der Waals surface area contributed by atoms with Crippen LogP contribution in [0.2, 0.25) is 10.1 Å². The van der Waals surface area contributed by atoms with E-state index in [9.17, 15) is 15.0 Å². The van der Waals surface area contributed by atoms with Crippen LogP contribution in [0.15, 0.2) is 144 Å². The molecule has 0 bridgehead atoms. The first kappa shape index (κ1) is 42.2. The van der Waals surface area contributed by atoms with Crippen LogP contribution < -0.4 is 26.3 Å². The zero-order valence-corrected chi connectivity index (χ0v) is 36.3. The lowest BCUT2D eigenvalue weighted by molar-refractivity contribution is -0.0511. The van der Waals surface area contributed by atoms with Crippen LogP contribution in [0.25, 0.3) is 6.08 Å². The van der Waals surface area contributed by atoms with Crippen LogP contribution in [0.1, 0.15) is 79.8 Å². The van der Waals surface area contributed by atoms with E-state index in [-0.39, 0.29) is 23.2 Å². The van der Waals surface area contributed by atoms with E-state index in [1.165, 1.54) is 12.1 Å². The van der Waals surface area contributed by atoms with E-state index in [1.54, 1.807) is 10.8 Å². The summed E-state index contributed by atoms with van der Waals surface area (Å²) in [6.07, 6.45) is 1.33. The number of unbranched alkanes of at least 4 members (excludes halogenated alkanes) is 1. The third kappa shape index (κ3) is 8.58. The average Bonchev–Trinajstić information content (AvgIpc) is 3.50. The first-order valence-electron chi connectivity index (χ1n) is 20.1. The lowest BCUT2D eigenvalue weighted by Crippen LogP contribution is -2.69. The summed E-state index contributed by atoms with van der Waals surface area (Å²) in [5, 5.41) is 27.3. The van der Waals surface area contributed by atoms with Gasteiger partial charge in [0, 0.05) is 24.8 Å². The van der Waals surface area contributed by atoms with Gasteiger partial charge in [-0.15, -0.1) is 0 Å². The minimum absolute atomic E-state index is 0.0999. The molecule has 4 aromatic carbocycles. The Hall–Kier alpha value is -4.43. The Labute approximate surface area is 340 Å². The number of ether oxygens (including phenoxy) is 1.